The van der Waals surface area contributed by atoms with Gasteiger partial charge in [0.2, 0.25) is 0 Å². The molecular formula is C27H22N2O3S. The Morgan fingerprint density at radius 3 is 2.18 bits per heavy atom. The molecule has 5 rings (SSSR count). The Hall–Kier alpha value is -3.64. The van der Waals surface area contributed by atoms with Crippen LogP contribution in [0.2, 0.25) is 0 Å². The third-order valence-corrected chi connectivity index (χ3v) is 6.91. The highest BCUT2D eigenvalue weighted by Gasteiger charge is 2.29. The quantitative estimate of drug-likeness (QED) is 0.349. The van der Waals surface area contributed by atoms with Crippen molar-refractivity contribution in [2.75, 3.05) is 11.5 Å². The van der Waals surface area contributed by atoms with Gasteiger partial charge in [-0.2, -0.15) is 0 Å². The van der Waals surface area contributed by atoms with Crippen LogP contribution < -0.4 is 4.90 Å². The molecule has 2 heterocycles. The number of benzene rings is 3. The predicted molar refractivity (Wildman–Crippen MR) is 130 cm³/mol. The Morgan fingerprint density at radius 1 is 0.909 bits per heavy atom. The fourth-order valence-corrected chi connectivity index (χ4v) is 5.26. The molecule has 0 spiro atoms. The average molecular weight is 455 g/mol. The zero-order chi connectivity index (χ0) is 22.9. The molecule has 1 amide bonds. The summed E-state index contributed by atoms with van der Waals surface area (Å²) in [6.07, 6.45) is 0.703. The second-order valence-corrected chi connectivity index (χ2v) is 8.86. The molecule has 0 atom stereocenters. The van der Waals surface area contributed by atoms with Crippen molar-refractivity contribution in [3.8, 4) is 0 Å². The molecule has 1 aliphatic rings. The summed E-state index contributed by atoms with van der Waals surface area (Å²) in [4.78, 5) is 34.8. The largest absolute Gasteiger partial charge is 0.452 e. The Morgan fingerprint density at radius 2 is 1.52 bits per heavy atom. The molecule has 0 N–H and O–H groups in total. The molecule has 0 saturated carbocycles. The van der Waals surface area contributed by atoms with Gasteiger partial charge >= 0.3 is 5.97 Å². The second-order valence-electron chi connectivity index (χ2n) is 7.77. The van der Waals surface area contributed by atoms with Crippen molar-refractivity contribution in [3.63, 3.8) is 0 Å². The maximum Gasteiger partial charge on any atom is 0.339 e. The summed E-state index contributed by atoms with van der Waals surface area (Å²) in [5, 5.41) is 0.731. The lowest BCUT2D eigenvalue weighted by atomic mass is 10.0. The van der Waals surface area contributed by atoms with Crippen molar-refractivity contribution in [1.29, 1.82) is 0 Å². The average Bonchev–Trinajstić information content (AvgIpc) is 2.85. The number of para-hydroxylation sites is 3. The zero-order valence-corrected chi connectivity index (χ0v) is 19.2. The van der Waals surface area contributed by atoms with Crippen molar-refractivity contribution in [1.82, 2.24) is 4.98 Å². The lowest BCUT2D eigenvalue weighted by molar-refractivity contribution is -0.121. The van der Waals surface area contributed by atoms with Crippen molar-refractivity contribution in [2.24, 2.45) is 0 Å². The van der Waals surface area contributed by atoms with E-state index >= 15 is 0 Å². The lowest BCUT2D eigenvalue weighted by Gasteiger charge is -2.30. The first-order chi connectivity index (χ1) is 16.1. The molecule has 3 aromatic carbocycles. The van der Waals surface area contributed by atoms with Gasteiger partial charge in [0.05, 0.1) is 22.5 Å². The van der Waals surface area contributed by atoms with Gasteiger partial charge in [-0.3, -0.25) is 14.7 Å². The Balaban J connectivity index is 1.46. The van der Waals surface area contributed by atoms with Crippen LogP contribution in [0.25, 0.3) is 10.9 Å². The van der Waals surface area contributed by atoms with E-state index in [9.17, 15) is 9.59 Å². The molecule has 0 unspecified atom stereocenters. The van der Waals surface area contributed by atoms with E-state index in [2.05, 4.69) is 4.98 Å². The van der Waals surface area contributed by atoms with Gasteiger partial charge in [-0.25, -0.2) is 4.79 Å². The van der Waals surface area contributed by atoms with Crippen molar-refractivity contribution >= 4 is 45.9 Å². The van der Waals surface area contributed by atoms with Gasteiger partial charge in [0, 0.05) is 20.9 Å². The van der Waals surface area contributed by atoms with Crippen LogP contribution in [0.1, 0.15) is 28.5 Å². The van der Waals surface area contributed by atoms with Crippen molar-refractivity contribution in [3.05, 3.63) is 89.6 Å². The summed E-state index contributed by atoms with van der Waals surface area (Å²) >= 11 is 1.62. The van der Waals surface area contributed by atoms with Crippen molar-refractivity contribution in [2.45, 2.75) is 30.1 Å². The highest BCUT2D eigenvalue weighted by Crippen LogP contribution is 2.47. The van der Waals surface area contributed by atoms with Gasteiger partial charge in [0.1, 0.15) is 0 Å². The number of pyridine rings is 1. The minimum Gasteiger partial charge on any atom is -0.452 e. The van der Waals surface area contributed by atoms with Crippen LogP contribution in [0.3, 0.4) is 0 Å². The second kappa shape index (κ2) is 8.71. The summed E-state index contributed by atoms with van der Waals surface area (Å²) in [7, 11) is 0. The van der Waals surface area contributed by atoms with E-state index in [0.717, 1.165) is 43.3 Å². The third kappa shape index (κ3) is 3.76. The molecule has 6 heteroatoms. The van der Waals surface area contributed by atoms with Gasteiger partial charge in [-0.1, -0.05) is 61.2 Å². The van der Waals surface area contributed by atoms with Crippen LogP contribution in [-0.4, -0.2) is 23.5 Å². The fourth-order valence-electron chi connectivity index (χ4n) is 4.20. The summed E-state index contributed by atoms with van der Waals surface area (Å²) in [6, 6.07) is 23.0. The maximum atomic E-state index is 13.4. The van der Waals surface area contributed by atoms with Crippen LogP contribution in [0.5, 0.6) is 0 Å². The van der Waals surface area contributed by atoms with Crippen LogP contribution in [0, 0.1) is 6.92 Å². The minimum atomic E-state index is -0.512. The molecule has 0 saturated heterocycles. The molecule has 4 aromatic rings. The number of anilines is 2. The zero-order valence-electron chi connectivity index (χ0n) is 18.4. The number of aromatic nitrogens is 1. The smallest absolute Gasteiger partial charge is 0.339 e. The first-order valence-corrected chi connectivity index (χ1v) is 11.6. The summed E-state index contributed by atoms with van der Waals surface area (Å²) in [5.41, 5.74) is 4.44. The summed E-state index contributed by atoms with van der Waals surface area (Å²) < 4.78 is 5.60. The monoisotopic (exact) mass is 454 g/mol. The number of carbonyl (C=O) groups excluding carboxylic acids is 2. The molecule has 1 aromatic heterocycles. The van der Waals surface area contributed by atoms with Crippen molar-refractivity contribution < 1.29 is 14.3 Å². The number of carbonyl (C=O) groups is 2. The van der Waals surface area contributed by atoms with E-state index in [1.54, 1.807) is 16.7 Å². The predicted octanol–water partition coefficient (Wildman–Crippen LogP) is 6.09. The fraction of sp³-hybridized carbons (Fsp3) is 0.148. The highest BCUT2D eigenvalue weighted by atomic mass is 32.2. The van der Waals surface area contributed by atoms with E-state index in [0.29, 0.717) is 12.0 Å². The maximum absolute atomic E-state index is 13.4. The van der Waals surface area contributed by atoms with E-state index in [1.165, 1.54) is 0 Å². The molecule has 0 fully saturated rings. The first-order valence-electron chi connectivity index (χ1n) is 10.8. The molecule has 0 radical (unpaired) electrons. The van der Waals surface area contributed by atoms with Gasteiger partial charge < -0.3 is 4.74 Å². The molecular weight excluding hydrogens is 432 g/mol. The standard InChI is InChI=1S/C27H22N2O3S/c1-3-19-17(2)26(18-10-4-5-11-20(18)28-19)27(31)32-16-25(30)29-21-12-6-8-14-23(21)33-24-15-9-7-13-22(24)29/h4-15H,3,16H2,1-2H3. The first kappa shape index (κ1) is 21.2. The van der Waals surface area contributed by atoms with Crippen LogP contribution in [-0.2, 0) is 16.0 Å². The number of hydrogen-bond donors (Lipinski definition) is 0. The van der Waals surface area contributed by atoms with Gasteiger partial charge in [0.25, 0.3) is 5.91 Å². The SMILES string of the molecule is CCc1nc2ccccc2c(C(=O)OCC(=O)N2c3ccccc3Sc3ccccc32)c1C. The molecule has 164 valence electrons. The minimum absolute atomic E-state index is 0.296. The van der Waals surface area contributed by atoms with E-state index in [1.807, 2.05) is 86.6 Å². The number of rotatable bonds is 4. The highest BCUT2D eigenvalue weighted by molar-refractivity contribution is 7.99. The number of ether oxygens (including phenoxy) is 1. The molecule has 1 aliphatic heterocycles. The lowest BCUT2D eigenvalue weighted by Crippen LogP contribution is -2.32. The van der Waals surface area contributed by atoms with Gasteiger partial charge in [-0.15, -0.1) is 0 Å². The molecule has 5 nitrogen and oxygen atoms in total. The number of amides is 1. The van der Waals surface area contributed by atoms with Crippen LogP contribution in [0.15, 0.2) is 82.6 Å². The van der Waals surface area contributed by atoms with Crippen LogP contribution in [0.4, 0.5) is 11.4 Å². The Bertz CT molecular complexity index is 1350. The number of hydrogen-bond acceptors (Lipinski definition) is 5. The Kier molecular flexibility index (Phi) is 5.60. The Labute approximate surface area is 196 Å². The topological polar surface area (TPSA) is 59.5 Å². The number of esters is 1. The number of aryl methyl sites for hydroxylation is 1. The van der Waals surface area contributed by atoms with Crippen LogP contribution >= 0.6 is 11.8 Å². The molecule has 0 aliphatic carbocycles. The number of nitrogens with zero attached hydrogens (tertiary/aromatic N) is 2. The van der Waals surface area contributed by atoms with E-state index in [4.69, 9.17) is 4.74 Å². The summed E-state index contributed by atoms with van der Waals surface area (Å²) in [5.74, 6) is -0.808. The molecule has 0 bridgehead atoms. The number of fused-ring (bicyclic) bond motifs is 3. The van der Waals surface area contributed by atoms with E-state index in [-0.39, 0.29) is 12.5 Å². The van der Waals surface area contributed by atoms with Gasteiger partial charge in [-0.05, 0) is 49.2 Å². The van der Waals surface area contributed by atoms with E-state index < -0.39 is 5.97 Å². The van der Waals surface area contributed by atoms with Gasteiger partial charge in [0.15, 0.2) is 6.61 Å². The third-order valence-electron chi connectivity index (χ3n) is 5.78. The summed E-state index contributed by atoms with van der Waals surface area (Å²) in [6.45, 7) is 3.53. The molecule has 33 heavy (non-hydrogen) atoms. The normalized spacial score (nSPS) is 12.2.